The number of allylic oxidation sites excluding steroid dienone is 4. The third kappa shape index (κ3) is 2.56. The lowest BCUT2D eigenvalue weighted by molar-refractivity contribution is -0.117. The van der Waals surface area contributed by atoms with Gasteiger partial charge in [-0.05, 0) is 34.7 Å². The molecule has 0 N–H and O–H groups in total. The van der Waals surface area contributed by atoms with Gasteiger partial charge in [-0.3, -0.25) is 4.79 Å². The van der Waals surface area contributed by atoms with Gasteiger partial charge in [0, 0.05) is 14.8 Å². The van der Waals surface area contributed by atoms with Gasteiger partial charge in [0.2, 0.25) is 0 Å². The molecule has 0 saturated carbocycles. The van der Waals surface area contributed by atoms with Crippen molar-refractivity contribution < 1.29 is 4.79 Å². The lowest BCUT2D eigenvalue weighted by atomic mass is 9.96. The SMILES string of the molecule is CC(=O)C1C=C(Cl)C=C(SCl)C1=S. The van der Waals surface area contributed by atoms with Crippen LogP contribution in [0.15, 0.2) is 22.1 Å². The first kappa shape index (κ1) is 11.2. The van der Waals surface area contributed by atoms with Gasteiger partial charge in [0.15, 0.2) is 0 Å². The van der Waals surface area contributed by atoms with Crippen LogP contribution in [0, 0.1) is 5.92 Å². The molecule has 0 aromatic rings. The second kappa shape index (κ2) is 4.60. The molecule has 1 nitrogen and oxygen atoms in total. The summed E-state index contributed by atoms with van der Waals surface area (Å²) in [6, 6.07) is 0. The Morgan fingerprint density at radius 3 is 2.77 bits per heavy atom. The Labute approximate surface area is 95.7 Å². The van der Waals surface area contributed by atoms with Crippen molar-refractivity contribution in [3.05, 3.63) is 22.1 Å². The Morgan fingerprint density at radius 2 is 2.31 bits per heavy atom. The second-order valence-corrected chi connectivity index (χ2v) is 4.52. The minimum atomic E-state index is -0.395. The van der Waals surface area contributed by atoms with E-state index in [4.69, 9.17) is 34.5 Å². The molecule has 0 bridgehead atoms. The van der Waals surface area contributed by atoms with Gasteiger partial charge >= 0.3 is 0 Å². The van der Waals surface area contributed by atoms with Crippen molar-refractivity contribution in [2.24, 2.45) is 5.92 Å². The van der Waals surface area contributed by atoms with Crippen molar-refractivity contribution in [3.63, 3.8) is 0 Å². The van der Waals surface area contributed by atoms with Gasteiger partial charge in [-0.25, -0.2) is 0 Å². The van der Waals surface area contributed by atoms with E-state index in [1.165, 1.54) is 6.92 Å². The van der Waals surface area contributed by atoms with E-state index in [1.807, 2.05) is 0 Å². The van der Waals surface area contributed by atoms with Gasteiger partial charge in [0.25, 0.3) is 0 Å². The largest absolute Gasteiger partial charge is 0.299 e. The molecule has 0 aromatic heterocycles. The molecular formula is C8H6Cl2OS2. The molecule has 0 aliphatic heterocycles. The number of carbonyl (C=O) groups is 1. The Bertz CT molecular complexity index is 320. The summed E-state index contributed by atoms with van der Waals surface area (Å²) in [6.45, 7) is 1.49. The molecule has 5 heteroatoms. The van der Waals surface area contributed by atoms with Crippen LogP contribution in [0.2, 0.25) is 0 Å². The lowest BCUT2D eigenvalue weighted by Gasteiger charge is -2.16. The van der Waals surface area contributed by atoms with Gasteiger partial charge in [-0.1, -0.05) is 29.9 Å². The molecule has 0 radical (unpaired) electrons. The Kier molecular flexibility index (Phi) is 3.98. The highest BCUT2D eigenvalue weighted by Gasteiger charge is 2.24. The minimum Gasteiger partial charge on any atom is -0.299 e. The van der Waals surface area contributed by atoms with Gasteiger partial charge in [0.1, 0.15) is 5.78 Å². The van der Waals surface area contributed by atoms with Crippen LogP contribution < -0.4 is 0 Å². The van der Waals surface area contributed by atoms with Crippen LogP contribution in [-0.2, 0) is 4.79 Å². The van der Waals surface area contributed by atoms with Gasteiger partial charge in [-0.15, -0.1) is 0 Å². The molecule has 13 heavy (non-hydrogen) atoms. The van der Waals surface area contributed by atoms with E-state index in [0.717, 1.165) is 11.0 Å². The maximum Gasteiger partial charge on any atom is 0.142 e. The zero-order chi connectivity index (χ0) is 10.0. The number of hydrogen-bond acceptors (Lipinski definition) is 3. The van der Waals surface area contributed by atoms with E-state index >= 15 is 0 Å². The average molecular weight is 253 g/mol. The summed E-state index contributed by atoms with van der Waals surface area (Å²) in [5.74, 6) is -0.409. The van der Waals surface area contributed by atoms with Crippen molar-refractivity contribution in [1.82, 2.24) is 0 Å². The fraction of sp³-hybridized carbons (Fsp3) is 0.250. The number of rotatable bonds is 2. The number of hydrogen-bond donors (Lipinski definition) is 0. The van der Waals surface area contributed by atoms with E-state index in [1.54, 1.807) is 12.2 Å². The van der Waals surface area contributed by atoms with E-state index in [9.17, 15) is 4.79 Å². The number of thiocarbonyl (C=S) groups is 1. The molecular weight excluding hydrogens is 247 g/mol. The van der Waals surface area contributed by atoms with E-state index in [-0.39, 0.29) is 5.78 Å². The third-order valence-corrected chi connectivity index (χ3v) is 3.48. The summed E-state index contributed by atoms with van der Waals surface area (Å²) >= 11 is 10.9. The molecule has 0 spiro atoms. The van der Waals surface area contributed by atoms with Crippen molar-refractivity contribution in [3.8, 4) is 0 Å². The second-order valence-electron chi connectivity index (χ2n) is 2.59. The van der Waals surface area contributed by atoms with Crippen LogP contribution in [0.3, 0.4) is 0 Å². The summed E-state index contributed by atoms with van der Waals surface area (Å²) in [7, 11) is 6.57. The Balaban J connectivity index is 3.02. The third-order valence-electron chi connectivity index (χ3n) is 1.64. The fourth-order valence-electron chi connectivity index (χ4n) is 0.995. The summed E-state index contributed by atoms with van der Waals surface area (Å²) in [4.78, 5) is 12.4. The van der Waals surface area contributed by atoms with Crippen molar-refractivity contribution >= 4 is 56.1 Å². The van der Waals surface area contributed by atoms with Crippen LogP contribution in [0.1, 0.15) is 6.92 Å². The molecule has 70 valence electrons. The smallest absolute Gasteiger partial charge is 0.142 e. The van der Waals surface area contributed by atoms with Crippen LogP contribution in [0.5, 0.6) is 0 Å². The highest BCUT2D eigenvalue weighted by molar-refractivity contribution is 8.25. The number of carbonyl (C=O) groups excluding carboxylic acids is 1. The van der Waals surface area contributed by atoms with Crippen LogP contribution in [-0.4, -0.2) is 10.6 Å². The lowest BCUT2D eigenvalue weighted by Crippen LogP contribution is -2.21. The van der Waals surface area contributed by atoms with Crippen LogP contribution >= 0.6 is 45.5 Å². The first-order chi connectivity index (χ1) is 6.06. The van der Waals surface area contributed by atoms with Gasteiger partial charge < -0.3 is 0 Å². The molecule has 0 fully saturated rings. The molecule has 1 aliphatic rings. The zero-order valence-corrected chi connectivity index (χ0v) is 9.86. The molecule has 0 saturated heterocycles. The molecule has 1 atom stereocenters. The normalized spacial score (nSPS) is 22.4. The van der Waals surface area contributed by atoms with Gasteiger partial charge in [0.05, 0.1) is 5.92 Å². The van der Waals surface area contributed by atoms with Crippen LogP contribution in [0.4, 0.5) is 0 Å². The predicted molar refractivity (Wildman–Crippen MR) is 62.2 cm³/mol. The highest BCUT2D eigenvalue weighted by Crippen LogP contribution is 2.32. The van der Waals surface area contributed by atoms with Crippen molar-refractivity contribution in [2.45, 2.75) is 6.92 Å². The molecule has 0 heterocycles. The van der Waals surface area contributed by atoms with Gasteiger partial charge in [-0.2, -0.15) is 0 Å². The van der Waals surface area contributed by atoms with Crippen LogP contribution in [0.25, 0.3) is 0 Å². The summed E-state index contributed by atoms with van der Waals surface area (Å²) < 4.78 is 0. The first-order valence-electron chi connectivity index (χ1n) is 3.48. The quantitative estimate of drug-likeness (QED) is 0.701. The highest BCUT2D eigenvalue weighted by atomic mass is 35.7. The predicted octanol–water partition coefficient (Wildman–Crippen LogP) is 3.47. The van der Waals surface area contributed by atoms with E-state index < -0.39 is 5.92 Å². The number of halogens is 2. The molecule has 0 aromatic carbocycles. The minimum absolute atomic E-state index is 0.0144. The van der Waals surface area contributed by atoms with E-state index in [0.29, 0.717) is 14.8 Å². The Morgan fingerprint density at radius 1 is 1.69 bits per heavy atom. The summed E-state index contributed by atoms with van der Waals surface area (Å²) in [6.07, 6.45) is 3.31. The zero-order valence-electron chi connectivity index (χ0n) is 6.71. The maximum atomic E-state index is 11.1. The standard InChI is InChI=1S/C8H6Cl2OS2/c1-4(11)6-2-5(9)3-7(13-10)8(6)12/h2-3,6H,1H3. The average Bonchev–Trinajstić information content (AvgIpc) is 2.08. The molecule has 1 aliphatic carbocycles. The Hall–Kier alpha value is 0.170. The topological polar surface area (TPSA) is 17.1 Å². The molecule has 0 amide bonds. The number of ketones is 1. The van der Waals surface area contributed by atoms with Crippen molar-refractivity contribution in [1.29, 1.82) is 0 Å². The number of Topliss-reactive ketones (excluding diaryl/α,β-unsaturated/α-hetero) is 1. The first-order valence-corrected chi connectivity index (χ1v) is 5.91. The van der Waals surface area contributed by atoms with Crippen molar-refractivity contribution in [2.75, 3.05) is 0 Å². The molecule has 1 unspecified atom stereocenters. The maximum absolute atomic E-state index is 11.1. The fourth-order valence-corrected chi connectivity index (χ4v) is 2.61. The van der Waals surface area contributed by atoms with E-state index in [2.05, 4.69) is 0 Å². The summed E-state index contributed by atoms with van der Waals surface area (Å²) in [5, 5.41) is 0.511. The molecule has 1 rings (SSSR count). The summed E-state index contributed by atoms with van der Waals surface area (Å²) in [5.41, 5.74) is 0. The monoisotopic (exact) mass is 252 g/mol.